The van der Waals surface area contributed by atoms with Crippen molar-refractivity contribution in [2.45, 2.75) is 40.2 Å². The van der Waals surface area contributed by atoms with Crippen molar-refractivity contribution in [1.29, 1.82) is 0 Å². The van der Waals surface area contributed by atoms with Gasteiger partial charge in [-0.2, -0.15) is 0 Å². The lowest BCUT2D eigenvalue weighted by molar-refractivity contribution is -0.920. The molecule has 1 aliphatic heterocycles. The van der Waals surface area contributed by atoms with E-state index >= 15 is 0 Å². The summed E-state index contributed by atoms with van der Waals surface area (Å²) in [5.74, 6) is 0.856. The second kappa shape index (κ2) is 7.45. The zero-order valence-corrected chi connectivity index (χ0v) is 15.5. The number of quaternary nitrogens is 1. The summed E-state index contributed by atoms with van der Waals surface area (Å²) in [4.78, 5) is 20.3. The number of carbonyl (C=O) groups excluding carboxylic acids is 1. The highest BCUT2D eigenvalue weighted by atomic mass is 32.1. The van der Waals surface area contributed by atoms with Crippen molar-refractivity contribution >= 4 is 28.1 Å². The first-order chi connectivity index (χ1) is 11.5. The SMILES string of the molecule is CC(=O)N(c1cccc(C)c1)c1nc(C[NH+]2CCC(C)CC2)cs1. The van der Waals surface area contributed by atoms with Gasteiger partial charge in [-0.05, 0) is 43.4 Å². The summed E-state index contributed by atoms with van der Waals surface area (Å²) in [5, 5.41) is 2.87. The highest BCUT2D eigenvalue weighted by Crippen LogP contribution is 2.29. The predicted molar refractivity (Wildman–Crippen MR) is 98.9 cm³/mol. The van der Waals surface area contributed by atoms with Gasteiger partial charge in [-0.25, -0.2) is 4.98 Å². The fourth-order valence-electron chi connectivity index (χ4n) is 3.28. The quantitative estimate of drug-likeness (QED) is 0.926. The smallest absolute Gasteiger partial charge is 0.230 e. The first kappa shape index (κ1) is 17.1. The van der Waals surface area contributed by atoms with Crippen molar-refractivity contribution in [2.24, 2.45) is 5.92 Å². The lowest BCUT2D eigenvalue weighted by Crippen LogP contribution is -3.11. The van der Waals surface area contributed by atoms with Crippen LogP contribution in [0, 0.1) is 12.8 Å². The van der Waals surface area contributed by atoms with E-state index in [4.69, 9.17) is 4.98 Å². The van der Waals surface area contributed by atoms with Gasteiger partial charge in [-0.3, -0.25) is 9.69 Å². The molecular weight excluding hydrogens is 318 g/mol. The molecule has 3 rings (SSSR count). The maximum Gasteiger partial charge on any atom is 0.230 e. The first-order valence-corrected chi connectivity index (χ1v) is 9.56. The van der Waals surface area contributed by atoms with Crippen LogP contribution in [0.25, 0.3) is 0 Å². The van der Waals surface area contributed by atoms with Crippen LogP contribution in [-0.4, -0.2) is 24.0 Å². The van der Waals surface area contributed by atoms with Gasteiger partial charge in [0.1, 0.15) is 12.2 Å². The fourth-order valence-corrected chi connectivity index (χ4v) is 4.16. The van der Waals surface area contributed by atoms with E-state index in [1.807, 2.05) is 31.2 Å². The van der Waals surface area contributed by atoms with Crippen LogP contribution in [0.4, 0.5) is 10.8 Å². The van der Waals surface area contributed by atoms with Gasteiger partial charge in [-0.15, -0.1) is 11.3 Å². The molecule has 0 aliphatic carbocycles. The molecule has 2 heterocycles. The Morgan fingerprint density at radius 2 is 2.12 bits per heavy atom. The molecule has 0 saturated carbocycles. The summed E-state index contributed by atoms with van der Waals surface area (Å²) in [7, 11) is 0. The number of thiazole rings is 1. The maximum absolute atomic E-state index is 12.2. The van der Waals surface area contributed by atoms with E-state index in [0.29, 0.717) is 0 Å². The number of rotatable bonds is 4. The number of likely N-dealkylation sites (tertiary alicyclic amines) is 1. The minimum absolute atomic E-state index is 0.000597. The summed E-state index contributed by atoms with van der Waals surface area (Å²) in [5.41, 5.74) is 3.13. The van der Waals surface area contributed by atoms with Gasteiger partial charge in [0, 0.05) is 12.3 Å². The maximum atomic E-state index is 12.2. The molecule has 1 aliphatic rings. The number of hydrogen-bond donors (Lipinski definition) is 1. The Labute approximate surface area is 148 Å². The molecular formula is C19H26N3OS+. The molecule has 4 nitrogen and oxygen atoms in total. The first-order valence-electron chi connectivity index (χ1n) is 8.68. The zero-order valence-electron chi connectivity index (χ0n) is 14.7. The number of carbonyl (C=O) groups is 1. The normalized spacial score (nSPS) is 20.8. The molecule has 1 saturated heterocycles. The average molecular weight is 345 g/mol. The van der Waals surface area contributed by atoms with Crippen molar-refractivity contribution in [2.75, 3.05) is 18.0 Å². The zero-order chi connectivity index (χ0) is 17.1. The van der Waals surface area contributed by atoms with Gasteiger partial charge in [0.2, 0.25) is 5.91 Å². The molecule has 1 fully saturated rings. The Bertz CT molecular complexity index is 704. The van der Waals surface area contributed by atoms with Crippen LogP contribution in [0.3, 0.4) is 0 Å². The molecule has 0 atom stereocenters. The van der Waals surface area contributed by atoms with Gasteiger partial charge < -0.3 is 4.90 Å². The number of benzene rings is 1. The van der Waals surface area contributed by atoms with Crippen molar-refractivity contribution in [3.05, 3.63) is 40.9 Å². The summed E-state index contributed by atoms with van der Waals surface area (Å²) < 4.78 is 0. The number of nitrogens with one attached hydrogen (secondary N) is 1. The number of aryl methyl sites for hydroxylation is 1. The lowest BCUT2D eigenvalue weighted by atomic mass is 9.99. The predicted octanol–water partition coefficient (Wildman–Crippen LogP) is 2.95. The van der Waals surface area contributed by atoms with Crippen LogP contribution in [0.1, 0.15) is 37.9 Å². The van der Waals surface area contributed by atoms with E-state index in [9.17, 15) is 4.79 Å². The number of amides is 1. The Morgan fingerprint density at radius 3 is 2.79 bits per heavy atom. The van der Waals surface area contributed by atoms with Crippen LogP contribution in [-0.2, 0) is 11.3 Å². The highest BCUT2D eigenvalue weighted by Gasteiger charge is 2.22. The third-order valence-corrected chi connectivity index (χ3v) is 5.59. The van der Waals surface area contributed by atoms with Crippen molar-refractivity contribution in [3.8, 4) is 0 Å². The molecule has 24 heavy (non-hydrogen) atoms. The second-order valence-corrected chi connectivity index (χ2v) is 7.76. The van der Waals surface area contributed by atoms with Gasteiger partial charge >= 0.3 is 0 Å². The van der Waals surface area contributed by atoms with Crippen molar-refractivity contribution < 1.29 is 9.69 Å². The largest absolute Gasteiger partial charge is 0.330 e. The highest BCUT2D eigenvalue weighted by molar-refractivity contribution is 7.14. The Balaban J connectivity index is 1.76. The van der Waals surface area contributed by atoms with E-state index in [1.54, 1.807) is 28.1 Å². The summed E-state index contributed by atoms with van der Waals surface area (Å²) in [6.07, 6.45) is 2.60. The molecule has 0 spiro atoms. The topological polar surface area (TPSA) is 37.6 Å². The van der Waals surface area contributed by atoms with Gasteiger partial charge in [0.05, 0.1) is 18.8 Å². The van der Waals surface area contributed by atoms with Gasteiger partial charge in [-0.1, -0.05) is 19.1 Å². The monoisotopic (exact) mass is 344 g/mol. The van der Waals surface area contributed by atoms with Crippen LogP contribution in [0.5, 0.6) is 0 Å². The van der Waals surface area contributed by atoms with E-state index in [-0.39, 0.29) is 5.91 Å². The lowest BCUT2D eigenvalue weighted by Gasteiger charge is -2.26. The molecule has 128 valence electrons. The van der Waals surface area contributed by atoms with Crippen LogP contribution in [0.15, 0.2) is 29.6 Å². The molecule has 1 aromatic heterocycles. The van der Waals surface area contributed by atoms with Crippen molar-refractivity contribution in [3.63, 3.8) is 0 Å². The van der Waals surface area contributed by atoms with E-state index in [2.05, 4.69) is 12.3 Å². The van der Waals surface area contributed by atoms with Crippen LogP contribution < -0.4 is 9.80 Å². The average Bonchev–Trinajstić information content (AvgIpc) is 2.97. The molecule has 1 N–H and O–H groups in total. The number of nitrogens with zero attached hydrogens (tertiary/aromatic N) is 2. The second-order valence-electron chi connectivity index (χ2n) is 6.92. The molecule has 5 heteroatoms. The standard InChI is InChI=1S/C19H25N3OS/c1-14-7-9-21(10-8-14)12-17-13-24-19(20-17)22(16(3)23)18-6-4-5-15(2)11-18/h4-6,11,13-14H,7-10,12H2,1-3H3/p+1. The third kappa shape index (κ3) is 4.02. The number of anilines is 2. The van der Waals surface area contributed by atoms with Gasteiger partial charge in [0.15, 0.2) is 5.13 Å². The molecule has 0 bridgehead atoms. The Morgan fingerprint density at radius 1 is 1.38 bits per heavy atom. The van der Waals surface area contributed by atoms with Gasteiger partial charge in [0.25, 0.3) is 0 Å². The Hall–Kier alpha value is -1.72. The van der Waals surface area contributed by atoms with E-state index < -0.39 is 0 Å². The molecule has 2 aromatic rings. The molecule has 1 aromatic carbocycles. The minimum Gasteiger partial charge on any atom is -0.330 e. The summed E-state index contributed by atoms with van der Waals surface area (Å²) in [6, 6.07) is 8.01. The van der Waals surface area contributed by atoms with Crippen LogP contribution in [0.2, 0.25) is 0 Å². The molecule has 1 amide bonds. The Kier molecular flexibility index (Phi) is 5.31. The van der Waals surface area contributed by atoms with E-state index in [0.717, 1.165) is 34.5 Å². The van der Waals surface area contributed by atoms with E-state index in [1.165, 1.54) is 25.9 Å². The third-order valence-electron chi connectivity index (χ3n) is 4.72. The number of hydrogen-bond acceptors (Lipinski definition) is 3. The summed E-state index contributed by atoms with van der Waals surface area (Å²) >= 11 is 1.56. The number of piperidine rings is 1. The van der Waals surface area contributed by atoms with Crippen LogP contribution >= 0.6 is 11.3 Å². The number of aromatic nitrogens is 1. The van der Waals surface area contributed by atoms with Crippen molar-refractivity contribution in [1.82, 2.24) is 4.98 Å². The summed E-state index contributed by atoms with van der Waals surface area (Å²) in [6.45, 7) is 9.38. The minimum atomic E-state index is 0.000597. The molecule has 0 radical (unpaired) electrons. The fraction of sp³-hybridized carbons (Fsp3) is 0.474. The molecule has 0 unspecified atom stereocenters.